The van der Waals surface area contributed by atoms with Crippen molar-refractivity contribution in [2.45, 2.75) is 19.8 Å². The number of rotatable bonds is 3. The van der Waals surface area contributed by atoms with E-state index in [4.69, 9.17) is 10.2 Å². The van der Waals surface area contributed by atoms with Crippen LogP contribution in [-0.2, 0) is 5.92 Å². The largest absolute Gasteiger partial charge is 0.478 e. The number of aliphatic hydroxyl groups excluding tert-OH is 1. The Kier molecular flexibility index (Phi) is 3.28. The predicted molar refractivity (Wildman–Crippen MR) is 53.9 cm³/mol. The second-order valence-electron chi connectivity index (χ2n) is 3.65. The van der Waals surface area contributed by atoms with E-state index >= 15 is 0 Å². The van der Waals surface area contributed by atoms with Crippen molar-refractivity contribution in [1.29, 1.82) is 0 Å². The van der Waals surface area contributed by atoms with E-state index in [0.717, 1.165) is 6.07 Å². The molecular weight excluding hydrogens is 218 g/mol. The summed E-state index contributed by atoms with van der Waals surface area (Å²) >= 11 is 0. The van der Waals surface area contributed by atoms with Crippen LogP contribution in [0.15, 0.2) is 12.1 Å². The van der Waals surface area contributed by atoms with E-state index in [0.29, 0.717) is 5.56 Å². The molecule has 2 N–H and O–H groups in total. The number of aliphatic hydroxyl groups is 1. The molecule has 1 aromatic rings. The van der Waals surface area contributed by atoms with Crippen LogP contribution in [0, 0.1) is 13.8 Å². The number of hydrogen-bond acceptors (Lipinski definition) is 2. The van der Waals surface area contributed by atoms with E-state index in [1.165, 1.54) is 19.9 Å². The Balaban J connectivity index is 3.42. The van der Waals surface area contributed by atoms with Crippen molar-refractivity contribution in [3.63, 3.8) is 0 Å². The molecule has 0 aliphatic carbocycles. The van der Waals surface area contributed by atoms with E-state index in [-0.39, 0.29) is 11.1 Å². The molecule has 0 bridgehead atoms. The van der Waals surface area contributed by atoms with Gasteiger partial charge < -0.3 is 10.2 Å². The zero-order chi connectivity index (χ0) is 12.5. The maximum atomic E-state index is 13.3. The number of hydrogen-bond donors (Lipinski definition) is 2. The van der Waals surface area contributed by atoms with Crippen LogP contribution < -0.4 is 0 Å². The molecule has 0 fully saturated rings. The Bertz CT molecular complexity index is 427. The zero-order valence-electron chi connectivity index (χ0n) is 8.92. The molecule has 1 aromatic carbocycles. The van der Waals surface area contributed by atoms with Gasteiger partial charge in [-0.05, 0) is 31.0 Å². The third-order valence-electron chi connectivity index (χ3n) is 2.39. The molecule has 0 aliphatic rings. The third-order valence-corrected chi connectivity index (χ3v) is 2.39. The van der Waals surface area contributed by atoms with E-state index < -0.39 is 24.1 Å². The number of aromatic carboxylic acids is 1. The molecule has 0 saturated heterocycles. The second kappa shape index (κ2) is 4.17. The van der Waals surface area contributed by atoms with Gasteiger partial charge in [-0.1, -0.05) is 6.07 Å². The lowest BCUT2D eigenvalue weighted by atomic mass is 9.96. The van der Waals surface area contributed by atoms with Gasteiger partial charge in [0.25, 0.3) is 5.92 Å². The van der Waals surface area contributed by atoms with Crippen molar-refractivity contribution in [1.82, 2.24) is 0 Å². The van der Waals surface area contributed by atoms with Gasteiger partial charge in [0.2, 0.25) is 0 Å². The average Bonchev–Trinajstić information content (AvgIpc) is 2.16. The number of carboxylic acids is 1. The van der Waals surface area contributed by atoms with Crippen molar-refractivity contribution in [2.24, 2.45) is 0 Å². The normalized spacial score (nSPS) is 11.6. The Morgan fingerprint density at radius 2 is 1.88 bits per heavy atom. The molecule has 88 valence electrons. The number of alkyl halides is 2. The highest BCUT2D eigenvalue weighted by Crippen LogP contribution is 2.31. The summed E-state index contributed by atoms with van der Waals surface area (Å²) in [5.41, 5.74) is 0.0655. The molecular formula is C11H12F2O3. The van der Waals surface area contributed by atoms with Gasteiger partial charge in [0.1, 0.15) is 6.61 Å². The smallest absolute Gasteiger partial charge is 0.335 e. The van der Waals surface area contributed by atoms with Gasteiger partial charge >= 0.3 is 5.97 Å². The van der Waals surface area contributed by atoms with Crippen molar-refractivity contribution in [3.8, 4) is 0 Å². The van der Waals surface area contributed by atoms with Crippen LogP contribution in [0.2, 0.25) is 0 Å². The van der Waals surface area contributed by atoms with E-state index in [2.05, 4.69) is 0 Å². The molecule has 3 nitrogen and oxygen atoms in total. The van der Waals surface area contributed by atoms with Crippen molar-refractivity contribution in [2.75, 3.05) is 6.61 Å². The fraction of sp³-hybridized carbons (Fsp3) is 0.364. The van der Waals surface area contributed by atoms with Crippen LogP contribution in [-0.4, -0.2) is 22.8 Å². The summed E-state index contributed by atoms with van der Waals surface area (Å²) in [6.45, 7) is 1.66. The number of carbonyl (C=O) groups is 1. The fourth-order valence-corrected chi connectivity index (χ4v) is 1.56. The molecule has 0 aliphatic heterocycles. The van der Waals surface area contributed by atoms with Gasteiger partial charge in [0, 0.05) is 5.56 Å². The first-order chi connectivity index (χ1) is 7.29. The summed E-state index contributed by atoms with van der Waals surface area (Å²) in [4.78, 5) is 10.8. The van der Waals surface area contributed by atoms with Crippen molar-refractivity contribution >= 4 is 5.97 Å². The lowest BCUT2D eigenvalue weighted by Gasteiger charge is -2.17. The molecule has 0 aromatic heterocycles. The van der Waals surface area contributed by atoms with Crippen LogP contribution >= 0.6 is 0 Å². The van der Waals surface area contributed by atoms with Gasteiger partial charge in [0.05, 0.1) is 5.56 Å². The minimum atomic E-state index is -3.41. The number of halogens is 2. The summed E-state index contributed by atoms with van der Waals surface area (Å²) in [7, 11) is 0. The average molecular weight is 230 g/mol. The minimum absolute atomic E-state index is 0.172. The SMILES string of the molecule is Cc1cc(C)c(C(F)(F)CO)cc1C(=O)O. The highest BCUT2D eigenvalue weighted by molar-refractivity contribution is 5.89. The molecule has 5 heteroatoms. The number of benzene rings is 1. The molecule has 0 unspecified atom stereocenters. The van der Waals surface area contributed by atoms with Crippen molar-refractivity contribution in [3.05, 3.63) is 34.4 Å². The highest BCUT2D eigenvalue weighted by atomic mass is 19.3. The van der Waals surface area contributed by atoms with Crippen LogP contribution in [0.4, 0.5) is 8.78 Å². The van der Waals surface area contributed by atoms with Gasteiger partial charge in [0.15, 0.2) is 0 Å². The van der Waals surface area contributed by atoms with Crippen LogP contribution in [0.5, 0.6) is 0 Å². The highest BCUT2D eigenvalue weighted by Gasteiger charge is 2.33. The first-order valence-corrected chi connectivity index (χ1v) is 4.63. The maximum Gasteiger partial charge on any atom is 0.335 e. The predicted octanol–water partition coefficient (Wildman–Crippen LogP) is 2.09. The second-order valence-corrected chi connectivity index (χ2v) is 3.65. The summed E-state index contributed by atoms with van der Waals surface area (Å²) < 4.78 is 26.6. The summed E-state index contributed by atoms with van der Waals surface area (Å²) in [5.74, 6) is -4.67. The van der Waals surface area contributed by atoms with E-state index in [9.17, 15) is 13.6 Å². The monoisotopic (exact) mass is 230 g/mol. The standard InChI is InChI=1S/C11H12F2O3/c1-6-3-7(2)9(11(12,13)5-14)4-8(6)10(15)16/h3-4,14H,5H2,1-2H3,(H,15,16). The third kappa shape index (κ3) is 2.19. The summed E-state index contributed by atoms with van der Waals surface area (Å²) in [6.07, 6.45) is 0. The maximum absolute atomic E-state index is 13.3. The van der Waals surface area contributed by atoms with Crippen LogP contribution in [0.25, 0.3) is 0 Å². The lowest BCUT2D eigenvalue weighted by Crippen LogP contribution is -2.21. The van der Waals surface area contributed by atoms with Crippen molar-refractivity contribution < 1.29 is 23.8 Å². The molecule has 0 radical (unpaired) electrons. The summed E-state index contributed by atoms with van der Waals surface area (Å²) in [6, 6.07) is 2.30. The zero-order valence-corrected chi connectivity index (χ0v) is 8.92. The number of carboxylic acid groups (broad SMARTS) is 1. The molecule has 0 spiro atoms. The van der Waals surface area contributed by atoms with E-state index in [1.807, 2.05) is 0 Å². The first-order valence-electron chi connectivity index (χ1n) is 4.63. The van der Waals surface area contributed by atoms with Crippen LogP contribution in [0.3, 0.4) is 0 Å². The first kappa shape index (κ1) is 12.6. The fourth-order valence-electron chi connectivity index (χ4n) is 1.56. The minimum Gasteiger partial charge on any atom is -0.478 e. The van der Waals surface area contributed by atoms with Gasteiger partial charge in [-0.2, -0.15) is 8.78 Å². The van der Waals surface area contributed by atoms with Gasteiger partial charge in [-0.25, -0.2) is 4.79 Å². The summed E-state index contributed by atoms with van der Waals surface area (Å²) in [5, 5.41) is 17.4. The topological polar surface area (TPSA) is 57.5 Å². The van der Waals surface area contributed by atoms with Crippen LogP contribution in [0.1, 0.15) is 27.0 Å². The van der Waals surface area contributed by atoms with E-state index in [1.54, 1.807) is 0 Å². The quantitative estimate of drug-likeness (QED) is 0.835. The Hall–Kier alpha value is -1.49. The molecule has 0 heterocycles. The Morgan fingerprint density at radius 3 is 2.31 bits per heavy atom. The lowest BCUT2D eigenvalue weighted by molar-refractivity contribution is -0.0561. The molecule has 0 amide bonds. The molecule has 0 atom stereocenters. The Morgan fingerprint density at radius 1 is 1.31 bits per heavy atom. The van der Waals surface area contributed by atoms with Gasteiger partial charge in [-0.15, -0.1) is 0 Å². The molecule has 16 heavy (non-hydrogen) atoms. The Labute approximate surface area is 91.3 Å². The van der Waals surface area contributed by atoms with Gasteiger partial charge in [-0.3, -0.25) is 0 Å². The molecule has 1 rings (SSSR count). The number of aryl methyl sites for hydroxylation is 2. The molecule has 0 saturated carbocycles.